The number of hydrogen-bond donors (Lipinski definition) is 1. The van der Waals surface area contributed by atoms with Crippen molar-refractivity contribution >= 4 is 23.5 Å². The fourth-order valence-corrected chi connectivity index (χ4v) is 2.01. The molecule has 1 aromatic heterocycles. The van der Waals surface area contributed by atoms with Crippen LogP contribution < -0.4 is 11.2 Å². The van der Waals surface area contributed by atoms with Crippen LogP contribution in [-0.2, 0) is 14.1 Å². The first kappa shape index (κ1) is 15.1. The topological polar surface area (TPSA) is 76.6 Å². The number of aromatic nitrogens is 2. The summed E-state index contributed by atoms with van der Waals surface area (Å²) in [5, 5.41) is 10.5. The first-order valence-electron chi connectivity index (χ1n) is 6.12. The normalized spacial score (nSPS) is 11.2. The molecule has 6 nitrogen and oxygen atoms in total. The molecule has 0 atom stereocenters. The molecular weight excluding hydrogens is 294 g/mol. The van der Waals surface area contributed by atoms with Crippen LogP contribution in [0.25, 0.3) is 0 Å². The maximum Gasteiger partial charge on any atom is 0.333 e. The molecule has 0 spiro atoms. The maximum absolute atomic E-state index is 12.0. The fourth-order valence-electron chi connectivity index (χ4n) is 1.84. The van der Waals surface area contributed by atoms with Crippen molar-refractivity contribution in [3.8, 4) is 5.88 Å². The molecule has 0 aliphatic heterocycles. The zero-order valence-electron chi connectivity index (χ0n) is 11.8. The zero-order chi connectivity index (χ0) is 15.7. The van der Waals surface area contributed by atoms with Gasteiger partial charge in [-0.05, 0) is 24.6 Å². The van der Waals surface area contributed by atoms with E-state index in [2.05, 4.69) is 4.99 Å². The number of aromatic hydroxyl groups is 1. The van der Waals surface area contributed by atoms with Crippen LogP contribution in [0.2, 0.25) is 5.02 Å². The highest BCUT2D eigenvalue weighted by Crippen LogP contribution is 2.25. The van der Waals surface area contributed by atoms with Crippen molar-refractivity contribution in [2.45, 2.75) is 6.92 Å². The molecule has 0 aliphatic rings. The Bertz CT molecular complexity index is 850. The van der Waals surface area contributed by atoms with Crippen molar-refractivity contribution in [1.29, 1.82) is 0 Å². The van der Waals surface area contributed by atoms with Gasteiger partial charge in [0.25, 0.3) is 5.56 Å². The quantitative estimate of drug-likeness (QED) is 0.854. The third-order valence-electron chi connectivity index (χ3n) is 3.24. The summed E-state index contributed by atoms with van der Waals surface area (Å²) < 4.78 is 1.89. The second-order valence-corrected chi connectivity index (χ2v) is 4.99. The second-order valence-electron chi connectivity index (χ2n) is 4.59. The summed E-state index contributed by atoms with van der Waals surface area (Å²) in [6, 6.07) is 5.21. The Morgan fingerprint density at radius 3 is 2.57 bits per heavy atom. The molecule has 2 aromatic rings. The van der Waals surface area contributed by atoms with Crippen molar-refractivity contribution in [3.05, 3.63) is 55.2 Å². The molecule has 21 heavy (non-hydrogen) atoms. The smallest absolute Gasteiger partial charge is 0.333 e. The van der Waals surface area contributed by atoms with E-state index in [1.54, 1.807) is 25.1 Å². The molecule has 0 aliphatic carbocycles. The Morgan fingerprint density at radius 2 is 1.90 bits per heavy atom. The number of nitrogens with zero attached hydrogens (tertiary/aromatic N) is 3. The molecular formula is C14H14ClN3O3. The Balaban J connectivity index is 2.60. The van der Waals surface area contributed by atoms with Gasteiger partial charge in [-0.3, -0.25) is 18.9 Å². The molecule has 0 saturated heterocycles. The van der Waals surface area contributed by atoms with Gasteiger partial charge in [-0.15, -0.1) is 0 Å². The van der Waals surface area contributed by atoms with Crippen LogP contribution in [0.15, 0.2) is 32.8 Å². The number of halogens is 1. The van der Waals surface area contributed by atoms with Crippen LogP contribution in [0.1, 0.15) is 11.1 Å². The first-order valence-corrected chi connectivity index (χ1v) is 6.50. The van der Waals surface area contributed by atoms with E-state index in [0.29, 0.717) is 10.7 Å². The van der Waals surface area contributed by atoms with Crippen LogP contribution >= 0.6 is 11.6 Å². The lowest BCUT2D eigenvalue weighted by Gasteiger charge is -2.07. The van der Waals surface area contributed by atoms with E-state index in [1.165, 1.54) is 20.3 Å². The monoisotopic (exact) mass is 307 g/mol. The van der Waals surface area contributed by atoms with Gasteiger partial charge in [-0.2, -0.15) is 0 Å². The van der Waals surface area contributed by atoms with Gasteiger partial charge < -0.3 is 5.11 Å². The van der Waals surface area contributed by atoms with E-state index >= 15 is 0 Å². The van der Waals surface area contributed by atoms with Crippen LogP contribution in [0.3, 0.4) is 0 Å². The van der Waals surface area contributed by atoms with Crippen LogP contribution in [0, 0.1) is 6.92 Å². The van der Waals surface area contributed by atoms with Crippen LogP contribution in [0.5, 0.6) is 5.88 Å². The lowest BCUT2D eigenvalue weighted by atomic mass is 10.2. The predicted octanol–water partition coefficient (Wildman–Crippen LogP) is 1.50. The number of hydrogen-bond acceptors (Lipinski definition) is 4. The molecule has 1 heterocycles. The molecule has 0 radical (unpaired) electrons. The summed E-state index contributed by atoms with van der Waals surface area (Å²) in [5.41, 5.74) is 0.0703. The van der Waals surface area contributed by atoms with Gasteiger partial charge in [0.2, 0.25) is 5.88 Å². The summed E-state index contributed by atoms with van der Waals surface area (Å²) in [6.45, 7) is 1.80. The predicted molar refractivity (Wildman–Crippen MR) is 82.0 cm³/mol. The Labute approximate surface area is 125 Å². The summed E-state index contributed by atoms with van der Waals surface area (Å²) in [4.78, 5) is 27.8. The first-order chi connectivity index (χ1) is 9.84. The third-order valence-corrected chi connectivity index (χ3v) is 3.65. The van der Waals surface area contributed by atoms with Crippen molar-refractivity contribution in [2.24, 2.45) is 19.1 Å². The lowest BCUT2D eigenvalue weighted by molar-refractivity contribution is 0.410. The van der Waals surface area contributed by atoms with Crippen LogP contribution in [0.4, 0.5) is 5.69 Å². The number of benzene rings is 1. The van der Waals surface area contributed by atoms with E-state index in [-0.39, 0.29) is 5.56 Å². The van der Waals surface area contributed by atoms with Crippen molar-refractivity contribution in [1.82, 2.24) is 9.13 Å². The number of rotatable bonds is 2. The van der Waals surface area contributed by atoms with E-state index in [4.69, 9.17) is 11.6 Å². The molecule has 110 valence electrons. The highest BCUT2D eigenvalue weighted by molar-refractivity contribution is 6.31. The summed E-state index contributed by atoms with van der Waals surface area (Å²) >= 11 is 5.99. The molecule has 0 bridgehead atoms. The average Bonchev–Trinajstić information content (AvgIpc) is 2.47. The van der Waals surface area contributed by atoms with Gasteiger partial charge in [0.05, 0.1) is 5.69 Å². The van der Waals surface area contributed by atoms with Gasteiger partial charge in [0.15, 0.2) is 0 Å². The van der Waals surface area contributed by atoms with Gasteiger partial charge in [0, 0.05) is 25.3 Å². The summed E-state index contributed by atoms with van der Waals surface area (Å²) in [7, 11) is 2.71. The zero-order valence-corrected chi connectivity index (χ0v) is 12.5. The molecule has 0 saturated carbocycles. The van der Waals surface area contributed by atoms with Gasteiger partial charge >= 0.3 is 5.69 Å². The highest BCUT2D eigenvalue weighted by Gasteiger charge is 2.13. The van der Waals surface area contributed by atoms with E-state index < -0.39 is 17.1 Å². The van der Waals surface area contributed by atoms with Crippen molar-refractivity contribution in [3.63, 3.8) is 0 Å². The molecule has 0 amide bonds. The average molecular weight is 308 g/mol. The third kappa shape index (κ3) is 2.62. The van der Waals surface area contributed by atoms with E-state index in [9.17, 15) is 14.7 Å². The van der Waals surface area contributed by atoms with Crippen molar-refractivity contribution < 1.29 is 5.11 Å². The Morgan fingerprint density at radius 1 is 1.24 bits per heavy atom. The van der Waals surface area contributed by atoms with E-state index in [0.717, 1.165) is 14.7 Å². The highest BCUT2D eigenvalue weighted by atomic mass is 35.5. The molecule has 7 heteroatoms. The van der Waals surface area contributed by atoms with E-state index in [1.807, 2.05) is 0 Å². The van der Waals surface area contributed by atoms with Crippen molar-refractivity contribution in [2.75, 3.05) is 0 Å². The second kappa shape index (κ2) is 5.57. The summed E-state index contributed by atoms with van der Waals surface area (Å²) in [5.74, 6) is -0.425. The minimum absolute atomic E-state index is 0.0565. The number of aliphatic imine (C=N–C) groups is 1. The SMILES string of the molecule is Cc1c(Cl)cccc1N=Cc1c(O)n(C)c(=O)n(C)c1=O. The molecule has 0 unspecified atom stereocenters. The largest absolute Gasteiger partial charge is 0.494 e. The Kier molecular flexibility index (Phi) is 3.99. The molecule has 0 fully saturated rings. The maximum atomic E-state index is 12.0. The fraction of sp³-hybridized carbons (Fsp3) is 0.214. The molecule has 2 rings (SSSR count). The van der Waals surface area contributed by atoms with Crippen LogP contribution in [-0.4, -0.2) is 20.5 Å². The minimum atomic E-state index is -0.612. The minimum Gasteiger partial charge on any atom is -0.494 e. The van der Waals surface area contributed by atoms with Gasteiger partial charge in [-0.25, -0.2) is 4.79 Å². The molecule has 1 N–H and O–H groups in total. The Hall–Kier alpha value is -2.34. The standard InChI is InChI=1S/C14H14ClN3O3/c1-8-10(15)5-4-6-11(8)16-7-9-12(19)17(2)14(21)18(3)13(9)20/h4-7,19H,1-3H3. The summed E-state index contributed by atoms with van der Waals surface area (Å²) in [6.07, 6.45) is 1.23. The molecule has 1 aromatic carbocycles. The van der Waals surface area contributed by atoms with Gasteiger partial charge in [-0.1, -0.05) is 17.7 Å². The van der Waals surface area contributed by atoms with Gasteiger partial charge in [0.1, 0.15) is 5.56 Å². The lowest BCUT2D eigenvalue weighted by Crippen LogP contribution is -2.38.